The van der Waals surface area contributed by atoms with E-state index in [1.165, 1.54) is 12.4 Å². The van der Waals surface area contributed by atoms with Crippen LogP contribution in [0.4, 0.5) is 5.95 Å². The molecule has 2 heterocycles. The lowest BCUT2D eigenvalue weighted by Gasteiger charge is -2.03. The van der Waals surface area contributed by atoms with E-state index in [2.05, 4.69) is 30.7 Å². The van der Waals surface area contributed by atoms with Gasteiger partial charge in [0.25, 0.3) is 5.91 Å². The van der Waals surface area contributed by atoms with Crippen molar-refractivity contribution >= 4 is 23.6 Å². The number of amides is 1. The first kappa shape index (κ1) is 15.2. The minimum Gasteiger partial charge on any atom is -0.355 e. The Balaban J connectivity index is 1.88. The van der Waals surface area contributed by atoms with Crippen LogP contribution in [0, 0.1) is 0 Å². The Bertz CT molecular complexity index is 586. The summed E-state index contributed by atoms with van der Waals surface area (Å²) >= 11 is 1.60. The number of anilines is 1. The molecule has 2 aromatic rings. The second-order valence-electron chi connectivity index (χ2n) is 4.05. The Morgan fingerprint density at radius 1 is 1.38 bits per heavy atom. The SMILES string of the molecule is CCNc1ncc(C(=O)NCc2nc(CSC)no2)cn1. The summed E-state index contributed by atoms with van der Waals surface area (Å²) in [5, 5.41) is 9.43. The molecule has 2 N–H and O–H groups in total. The van der Waals surface area contributed by atoms with E-state index in [-0.39, 0.29) is 12.5 Å². The molecule has 0 saturated carbocycles. The molecule has 2 rings (SSSR count). The quantitative estimate of drug-likeness (QED) is 0.783. The summed E-state index contributed by atoms with van der Waals surface area (Å²) in [4.78, 5) is 24.1. The summed E-state index contributed by atoms with van der Waals surface area (Å²) in [6, 6.07) is 0. The highest BCUT2D eigenvalue weighted by molar-refractivity contribution is 7.97. The predicted octanol–water partition coefficient (Wildman–Crippen LogP) is 1.08. The smallest absolute Gasteiger partial charge is 0.254 e. The van der Waals surface area contributed by atoms with Gasteiger partial charge in [0.1, 0.15) is 0 Å². The molecule has 0 fully saturated rings. The maximum Gasteiger partial charge on any atom is 0.254 e. The van der Waals surface area contributed by atoms with Gasteiger partial charge in [0.05, 0.1) is 17.9 Å². The van der Waals surface area contributed by atoms with E-state index < -0.39 is 0 Å². The lowest BCUT2D eigenvalue weighted by molar-refractivity contribution is 0.0945. The van der Waals surface area contributed by atoms with Crippen molar-refractivity contribution in [2.75, 3.05) is 18.1 Å². The largest absolute Gasteiger partial charge is 0.355 e. The predicted molar refractivity (Wildman–Crippen MR) is 78.9 cm³/mol. The number of nitrogens with one attached hydrogen (secondary N) is 2. The maximum absolute atomic E-state index is 11.9. The highest BCUT2D eigenvalue weighted by atomic mass is 32.2. The van der Waals surface area contributed by atoms with Crippen LogP contribution in [0.2, 0.25) is 0 Å². The highest BCUT2D eigenvalue weighted by Crippen LogP contribution is 2.05. The molecule has 2 aromatic heterocycles. The van der Waals surface area contributed by atoms with Crippen molar-refractivity contribution in [1.82, 2.24) is 25.4 Å². The van der Waals surface area contributed by atoms with Crippen molar-refractivity contribution in [3.63, 3.8) is 0 Å². The fourth-order valence-electron chi connectivity index (χ4n) is 1.50. The number of aromatic nitrogens is 4. The van der Waals surface area contributed by atoms with Crippen molar-refractivity contribution in [2.45, 2.75) is 19.2 Å². The number of carbonyl (C=O) groups is 1. The van der Waals surface area contributed by atoms with Gasteiger partial charge < -0.3 is 15.2 Å². The highest BCUT2D eigenvalue weighted by Gasteiger charge is 2.10. The van der Waals surface area contributed by atoms with Gasteiger partial charge >= 0.3 is 0 Å². The molecule has 0 unspecified atom stereocenters. The van der Waals surface area contributed by atoms with Crippen LogP contribution in [0.1, 0.15) is 29.0 Å². The Morgan fingerprint density at radius 3 is 2.81 bits per heavy atom. The monoisotopic (exact) mass is 308 g/mol. The van der Waals surface area contributed by atoms with Crippen LogP contribution in [0.3, 0.4) is 0 Å². The molecule has 0 aliphatic rings. The van der Waals surface area contributed by atoms with Crippen LogP contribution in [0.5, 0.6) is 0 Å². The Hall–Kier alpha value is -2.16. The average Bonchev–Trinajstić information content (AvgIpc) is 2.94. The van der Waals surface area contributed by atoms with Crippen LogP contribution in [0.25, 0.3) is 0 Å². The summed E-state index contributed by atoms with van der Waals surface area (Å²) in [7, 11) is 0. The third-order valence-electron chi connectivity index (χ3n) is 2.43. The van der Waals surface area contributed by atoms with Gasteiger partial charge in [0, 0.05) is 18.9 Å². The number of nitrogens with zero attached hydrogens (tertiary/aromatic N) is 4. The molecule has 112 valence electrons. The molecule has 0 bridgehead atoms. The summed E-state index contributed by atoms with van der Waals surface area (Å²) in [5.41, 5.74) is 0.375. The second kappa shape index (κ2) is 7.58. The van der Waals surface area contributed by atoms with E-state index in [9.17, 15) is 4.79 Å². The zero-order valence-corrected chi connectivity index (χ0v) is 12.6. The standard InChI is InChI=1S/C12H16N6O2S/c1-3-13-12-15-4-8(5-16-12)11(19)14-6-10-17-9(7-21-2)18-20-10/h4-5H,3,6-7H2,1-2H3,(H,14,19)(H,13,15,16). The molecule has 21 heavy (non-hydrogen) atoms. The molecule has 0 aliphatic heterocycles. The van der Waals surface area contributed by atoms with Crippen molar-refractivity contribution in [3.8, 4) is 0 Å². The molecule has 0 spiro atoms. The van der Waals surface area contributed by atoms with Crippen molar-refractivity contribution < 1.29 is 9.32 Å². The third kappa shape index (κ3) is 4.42. The molecule has 0 atom stereocenters. The molecule has 0 saturated heterocycles. The zero-order valence-electron chi connectivity index (χ0n) is 11.8. The number of carbonyl (C=O) groups excluding carboxylic acids is 1. The van der Waals surface area contributed by atoms with Gasteiger partial charge in [0.15, 0.2) is 5.82 Å². The van der Waals surface area contributed by atoms with E-state index in [0.717, 1.165) is 6.54 Å². The first-order valence-corrected chi connectivity index (χ1v) is 7.76. The third-order valence-corrected chi connectivity index (χ3v) is 2.98. The topological polar surface area (TPSA) is 106 Å². The lowest BCUT2D eigenvalue weighted by Crippen LogP contribution is -2.23. The Morgan fingerprint density at radius 2 is 2.14 bits per heavy atom. The average molecular weight is 308 g/mol. The fourth-order valence-corrected chi connectivity index (χ4v) is 1.88. The van der Waals surface area contributed by atoms with Gasteiger partial charge in [0.2, 0.25) is 11.8 Å². The summed E-state index contributed by atoms with van der Waals surface area (Å²) in [6.45, 7) is 2.84. The maximum atomic E-state index is 11.9. The van der Waals surface area contributed by atoms with Gasteiger partial charge in [-0.15, -0.1) is 0 Å². The van der Waals surface area contributed by atoms with Crippen LogP contribution >= 0.6 is 11.8 Å². The van der Waals surface area contributed by atoms with Crippen LogP contribution < -0.4 is 10.6 Å². The lowest BCUT2D eigenvalue weighted by atomic mass is 10.3. The summed E-state index contributed by atoms with van der Waals surface area (Å²) in [5.74, 6) is 1.87. The molecular formula is C12H16N6O2S. The van der Waals surface area contributed by atoms with E-state index in [4.69, 9.17) is 4.52 Å². The minimum absolute atomic E-state index is 0.176. The van der Waals surface area contributed by atoms with Crippen molar-refractivity contribution in [1.29, 1.82) is 0 Å². The van der Waals surface area contributed by atoms with Crippen molar-refractivity contribution in [2.24, 2.45) is 0 Å². The molecule has 1 amide bonds. The zero-order chi connectivity index (χ0) is 15.1. The van der Waals surface area contributed by atoms with Gasteiger partial charge in [-0.05, 0) is 13.2 Å². The Labute approximate surface area is 126 Å². The number of hydrogen-bond acceptors (Lipinski definition) is 8. The molecule has 8 nitrogen and oxygen atoms in total. The van der Waals surface area contributed by atoms with Crippen LogP contribution in [0.15, 0.2) is 16.9 Å². The summed E-state index contributed by atoms with van der Waals surface area (Å²) < 4.78 is 5.02. The number of hydrogen-bond donors (Lipinski definition) is 2. The van der Waals surface area contributed by atoms with Crippen molar-refractivity contribution in [3.05, 3.63) is 29.7 Å². The summed E-state index contributed by atoms with van der Waals surface area (Å²) in [6.07, 6.45) is 4.88. The van der Waals surface area contributed by atoms with Gasteiger partial charge in [-0.2, -0.15) is 16.7 Å². The molecule has 0 aromatic carbocycles. The van der Waals surface area contributed by atoms with Gasteiger partial charge in [-0.25, -0.2) is 9.97 Å². The second-order valence-corrected chi connectivity index (χ2v) is 4.91. The fraction of sp³-hybridized carbons (Fsp3) is 0.417. The molecule has 0 radical (unpaired) electrons. The minimum atomic E-state index is -0.289. The first-order valence-electron chi connectivity index (χ1n) is 6.37. The number of thioether (sulfide) groups is 1. The molecular weight excluding hydrogens is 292 g/mol. The molecule has 9 heteroatoms. The van der Waals surface area contributed by atoms with E-state index >= 15 is 0 Å². The van der Waals surface area contributed by atoms with E-state index in [0.29, 0.717) is 29.0 Å². The normalized spacial score (nSPS) is 10.4. The molecule has 0 aliphatic carbocycles. The van der Waals surface area contributed by atoms with Crippen LogP contribution in [-0.2, 0) is 12.3 Å². The van der Waals surface area contributed by atoms with Gasteiger partial charge in [-0.3, -0.25) is 4.79 Å². The van der Waals surface area contributed by atoms with E-state index in [1.807, 2.05) is 13.2 Å². The van der Waals surface area contributed by atoms with Crippen LogP contribution in [-0.4, -0.2) is 38.8 Å². The number of rotatable bonds is 7. The van der Waals surface area contributed by atoms with E-state index in [1.54, 1.807) is 11.8 Å². The van der Waals surface area contributed by atoms with Gasteiger partial charge in [-0.1, -0.05) is 5.16 Å². The Kier molecular flexibility index (Phi) is 5.50. The first-order chi connectivity index (χ1) is 10.2.